The van der Waals surface area contributed by atoms with Gasteiger partial charge in [0.2, 0.25) is 0 Å². The van der Waals surface area contributed by atoms with Crippen molar-refractivity contribution in [2.24, 2.45) is 11.7 Å². The predicted octanol–water partition coefficient (Wildman–Crippen LogP) is 3.18. The zero-order valence-corrected chi connectivity index (χ0v) is 10.1. The molecule has 1 atom stereocenters. The lowest BCUT2D eigenvalue weighted by Gasteiger charge is -2.35. The third kappa shape index (κ3) is 2.19. The molecule has 1 unspecified atom stereocenters. The van der Waals surface area contributed by atoms with Gasteiger partial charge in [0.15, 0.2) is 0 Å². The van der Waals surface area contributed by atoms with E-state index < -0.39 is 0 Å². The lowest BCUT2D eigenvalue weighted by molar-refractivity contribution is 0.288. The van der Waals surface area contributed by atoms with E-state index in [0.29, 0.717) is 5.92 Å². The fraction of sp³-hybridized carbons (Fsp3) is 0.538. The molecule has 2 N–H and O–H groups in total. The van der Waals surface area contributed by atoms with Gasteiger partial charge in [0, 0.05) is 10.6 Å². The van der Waals surface area contributed by atoms with Gasteiger partial charge in [0.1, 0.15) is 0 Å². The molecule has 0 amide bonds. The normalized spacial score (nSPS) is 21.2. The molecule has 0 radical (unpaired) electrons. The van der Waals surface area contributed by atoms with Gasteiger partial charge in [-0.2, -0.15) is 0 Å². The van der Waals surface area contributed by atoms with E-state index in [9.17, 15) is 0 Å². The highest BCUT2D eigenvalue weighted by molar-refractivity contribution is 6.31. The van der Waals surface area contributed by atoms with E-state index in [0.717, 1.165) is 17.9 Å². The molecule has 1 nitrogen and oxygen atoms in total. The molecule has 15 heavy (non-hydrogen) atoms. The monoisotopic (exact) mass is 223 g/mol. The topological polar surface area (TPSA) is 26.0 Å². The summed E-state index contributed by atoms with van der Waals surface area (Å²) in [5, 5.41) is 0.904. The molecule has 0 spiro atoms. The van der Waals surface area contributed by atoms with Crippen LogP contribution in [0.15, 0.2) is 18.2 Å². The fourth-order valence-corrected chi connectivity index (χ4v) is 2.65. The van der Waals surface area contributed by atoms with Gasteiger partial charge in [-0.15, -0.1) is 0 Å². The quantitative estimate of drug-likeness (QED) is 0.778. The number of benzene rings is 1. The summed E-state index contributed by atoms with van der Waals surface area (Å²) in [6.07, 6.45) is 3.32. The second kappa shape index (κ2) is 3.80. The first-order valence-electron chi connectivity index (χ1n) is 5.53. The number of aryl methyl sites for hydroxylation is 1. The van der Waals surface area contributed by atoms with Crippen LogP contribution < -0.4 is 5.73 Å². The minimum absolute atomic E-state index is 0.100. The maximum atomic E-state index is 6.22. The van der Waals surface area contributed by atoms with Crippen molar-refractivity contribution in [3.8, 4) is 0 Å². The SMILES string of the molecule is CC(C)(N)C1CCc2cccc(Cl)c2C1. The molecular weight excluding hydrogens is 206 g/mol. The summed E-state index contributed by atoms with van der Waals surface area (Å²) in [5.41, 5.74) is 8.79. The summed E-state index contributed by atoms with van der Waals surface area (Å²) in [6.45, 7) is 4.22. The van der Waals surface area contributed by atoms with Gasteiger partial charge in [0.05, 0.1) is 0 Å². The van der Waals surface area contributed by atoms with E-state index in [2.05, 4.69) is 19.9 Å². The number of nitrogens with two attached hydrogens (primary N) is 1. The zero-order valence-electron chi connectivity index (χ0n) is 9.39. The first kappa shape index (κ1) is 11.0. The Morgan fingerprint density at radius 2 is 2.13 bits per heavy atom. The summed E-state index contributed by atoms with van der Waals surface area (Å²) in [7, 11) is 0. The van der Waals surface area contributed by atoms with Gasteiger partial charge in [0.25, 0.3) is 0 Å². The molecule has 0 saturated heterocycles. The molecule has 1 aromatic rings. The molecule has 0 saturated carbocycles. The Labute approximate surface area is 96.6 Å². The van der Waals surface area contributed by atoms with Crippen molar-refractivity contribution in [2.45, 2.75) is 38.6 Å². The van der Waals surface area contributed by atoms with E-state index in [4.69, 9.17) is 17.3 Å². The number of hydrogen-bond donors (Lipinski definition) is 1. The molecule has 0 aromatic heterocycles. The molecule has 0 fully saturated rings. The highest BCUT2D eigenvalue weighted by atomic mass is 35.5. The highest BCUT2D eigenvalue weighted by Gasteiger charge is 2.29. The standard InChI is InChI=1S/C13H18ClN/c1-13(2,15)10-7-6-9-4-3-5-12(14)11(9)8-10/h3-5,10H,6-8,15H2,1-2H3. The smallest absolute Gasteiger partial charge is 0.0440 e. The summed E-state index contributed by atoms with van der Waals surface area (Å²) in [4.78, 5) is 0. The Hall–Kier alpha value is -0.530. The molecule has 0 bridgehead atoms. The highest BCUT2D eigenvalue weighted by Crippen LogP contribution is 2.34. The third-order valence-corrected chi connectivity index (χ3v) is 3.83. The minimum atomic E-state index is -0.100. The van der Waals surface area contributed by atoms with E-state index in [1.54, 1.807) is 0 Å². The number of rotatable bonds is 1. The van der Waals surface area contributed by atoms with Crippen molar-refractivity contribution < 1.29 is 0 Å². The summed E-state index contributed by atoms with van der Waals surface area (Å²) >= 11 is 6.22. The first-order valence-corrected chi connectivity index (χ1v) is 5.91. The molecule has 1 aliphatic rings. The average molecular weight is 224 g/mol. The summed E-state index contributed by atoms with van der Waals surface area (Å²) in [5.74, 6) is 0.546. The van der Waals surface area contributed by atoms with Crippen molar-refractivity contribution in [2.75, 3.05) is 0 Å². The maximum absolute atomic E-state index is 6.22. The van der Waals surface area contributed by atoms with Crippen LogP contribution in [-0.4, -0.2) is 5.54 Å². The van der Waals surface area contributed by atoms with E-state index in [1.165, 1.54) is 17.5 Å². The maximum Gasteiger partial charge on any atom is 0.0440 e. The molecule has 0 heterocycles. The number of hydrogen-bond acceptors (Lipinski definition) is 1. The van der Waals surface area contributed by atoms with Crippen molar-refractivity contribution >= 4 is 11.6 Å². The van der Waals surface area contributed by atoms with Gasteiger partial charge in [-0.25, -0.2) is 0 Å². The van der Waals surface area contributed by atoms with Crippen molar-refractivity contribution in [1.82, 2.24) is 0 Å². The van der Waals surface area contributed by atoms with Crippen LogP contribution in [0.25, 0.3) is 0 Å². The molecular formula is C13H18ClN. The van der Waals surface area contributed by atoms with Crippen LogP contribution in [0.3, 0.4) is 0 Å². The molecule has 0 aliphatic heterocycles. The Morgan fingerprint density at radius 3 is 2.80 bits per heavy atom. The van der Waals surface area contributed by atoms with Gasteiger partial charge >= 0.3 is 0 Å². The Morgan fingerprint density at radius 1 is 1.40 bits per heavy atom. The second-order valence-electron chi connectivity index (χ2n) is 5.14. The van der Waals surface area contributed by atoms with E-state index in [1.807, 2.05) is 12.1 Å². The minimum Gasteiger partial charge on any atom is -0.325 e. The van der Waals surface area contributed by atoms with Gasteiger partial charge in [-0.3, -0.25) is 0 Å². The summed E-state index contributed by atoms with van der Waals surface area (Å²) in [6, 6.07) is 6.20. The van der Waals surface area contributed by atoms with Crippen LogP contribution in [0.4, 0.5) is 0 Å². The van der Waals surface area contributed by atoms with Gasteiger partial charge in [-0.05, 0) is 56.2 Å². The van der Waals surface area contributed by atoms with Crippen molar-refractivity contribution in [1.29, 1.82) is 0 Å². The van der Waals surface area contributed by atoms with Gasteiger partial charge in [-0.1, -0.05) is 23.7 Å². The Bertz CT molecular complexity index is 365. The van der Waals surface area contributed by atoms with E-state index >= 15 is 0 Å². The van der Waals surface area contributed by atoms with E-state index in [-0.39, 0.29) is 5.54 Å². The Balaban J connectivity index is 2.30. The molecule has 1 aliphatic carbocycles. The molecule has 1 aromatic carbocycles. The lowest BCUT2D eigenvalue weighted by Crippen LogP contribution is -2.43. The predicted molar refractivity (Wildman–Crippen MR) is 65.2 cm³/mol. The third-order valence-electron chi connectivity index (χ3n) is 3.48. The van der Waals surface area contributed by atoms with Crippen LogP contribution >= 0.6 is 11.6 Å². The van der Waals surface area contributed by atoms with Gasteiger partial charge < -0.3 is 5.73 Å². The summed E-state index contributed by atoms with van der Waals surface area (Å²) < 4.78 is 0. The largest absolute Gasteiger partial charge is 0.325 e. The van der Waals surface area contributed by atoms with Crippen LogP contribution in [0.2, 0.25) is 5.02 Å². The lowest BCUT2D eigenvalue weighted by atomic mass is 9.75. The first-order chi connectivity index (χ1) is 6.98. The molecule has 82 valence electrons. The zero-order chi connectivity index (χ0) is 11.1. The second-order valence-corrected chi connectivity index (χ2v) is 5.55. The Kier molecular flexibility index (Phi) is 2.78. The van der Waals surface area contributed by atoms with Crippen molar-refractivity contribution in [3.05, 3.63) is 34.3 Å². The van der Waals surface area contributed by atoms with Crippen LogP contribution in [-0.2, 0) is 12.8 Å². The molecule has 2 heteroatoms. The van der Waals surface area contributed by atoms with Crippen LogP contribution in [0.5, 0.6) is 0 Å². The van der Waals surface area contributed by atoms with Crippen molar-refractivity contribution in [3.63, 3.8) is 0 Å². The number of fused-ring (bicyclic) bond motifs is 1. The van der Waals surface area contributed by atoms with Crippen LogP contribution in [0, 0.1) is 5.92 Å². The van der Waals surface area contributed by atoms with Crippen LogP contribution in [0.1, 0.15) is 31.4 Å². The fourth-order valence-electron chi connectivity index (χ4n) is 2.38. The average Bonchev–Trinajstić information content (AvgIpc) is 2.16. The molecule has 2 rings (SSSR count). The number of halogens is 1.